The van der Waals surface area contributed by atoms with E-state index in [9.17, 15) is 0 Å². The predicted molar refractivity (Wildman–Crippen MR) is 86.9 cm³/mol. The van der Waals surface area contributed by atoms with Crippen LogP contribution < -0.4 is 0 Å². The lowest BCUT2D eigenvalue weighted by atomic mass is 10.2. The van der Waals surface area contributed by atoms with Crippen LogP contribution in [0.4, 0.5) is 0 Å². The van der Waals surface area contributed by atoms with E-state index in [2.05, 4.69) is 70.6 Å². The van der Waals surface area contributed by atoms with Gasteiger partial charge in [0.1, 0.15) is 0 Å². The maximum Gasteiger partial charge on any atom is 0.159 e. The van der Waals surface area contributed by atoms with Crippen molar-refractivity contribution in [3.63, 3.8) is 0 Å². The van der Waals surface area contributed by atoms with E-state index >= 15 is 0 Å². The van der Waals surface area contributed by atoms with Crippen LogP contribution in [0.2, 0.25) is 0 Å². The first kappa shape index (κ1) is 13.3. The molecule has 0 saturated carbocycles. The highest BCUT2D eigenvalue weighted by molar-refractivity contribution is 8.13. The third-order valence-corrected chi connectivity index (χ3v) is 4.44. The first-order valence-corrected chi connectivity index (χ1v) is 7.90. The van der Waals surface area contributed by atoms with E-state index in [1.54, 1.807) is 0 Å². The van der Waals surface area contributed by atoms with Gasteiger partial charge in [-0.05, 0) is 11.1 Å². The van der Waals surface area contributed by atoms with Crippen molar-refractivity contribution < 1.29 is 0 Å². The van der Waals surface area contributed by atoms with Crippen molar-refractivity contribution in [2.24, 2.45) is 4.99 Å². The van der Waals surface area contributed by atoms with Gasteiger partial charge in [-0.25, -0.2) is 0 Å². The SMILES string of the molecule is c1ccc(CSC2=NCCN2Cc2ccccc2)cc1. The average Bonchev–Trinajstić information content (AvgIpc) is 2.94. The second kappa shape index (κ2) is 6.62. The molecule has 102 valence electrons. The number of hydrogen-bond donors (Lipinski definition) is 0. The van der Waals surface area contributed by atoms with Gasteiger partial charge in [0, 0.05) is 18.8 Å². The summed E-state index contributed by atoms with van der Waals surface area (Å²) in [7, 11) is 0. The first-order valence-electron chi connectivity index (χ1n) is 6.92. The smallest absolute Gasteiger partial charge is 0.159 e. The molecule has 2 nitrogen and oxygen atoms in total. The molecule has 2 aromatic rings. The maximum absolute atomic E-state index is 4.63. The molecule has 3 heteroatoms. The Kier molecular flexibility index (Phi) is 4.38. The summed E-state index contributed by atoms with van der Waals surface area (Å²) in [6, 6.07) is 21.2. The van der Waals surface area contributed by atoms with Crippen molar-refractivity contribution in [2.45, 2.75) is 12.3 Å². The third kappa shape index (κ3) is 3.42. The first-order chi connectivity index (χ1) is 9.92. The zero-order valence-corrected chi connectivity index (χ0v) is 12.2. The molecule has 0 bridgehead atoms. The van der Waals surface area contributed by atoms with Crippen LogP contribution >= 0.6 is 11.8 Å². The highest BCUT2D eigenvalue weighted by Crippen LogP contribution is 2.21. The fraction of sp³-hybridized carbons (Fsp3) is 0.235. The molecule has 3 rings (SSSR count). The number of thioether (sulfide) groups is 1. The Balaban J connectivity index is 1.59. The summed E-state index contributed by atoms with van der Waals surface area (Å²) in [5.74, 6) is 0.991. The summed E-state index contributed by atoms with van der Waals surface area (Å²) in [5.41, 5.74) is 2.70. The number of aliphatic imine (C=N–C) groups is 1. The summed E-state index contributed by atoms with van der Waals surface area (Å²) >= 11 is 1.84. The minimum atomic E-state index is 0.921. The highest BCUT2D eigenvalue weighted by atomic mass is 32.2. The van der Waals surface area contributed by atoms with Crippen LogP contribution in [0.1, 0.15) is 11.1 Å². The zero-order chi connectivity index (χ0) is 13.6. The molecule has 1 heterocycles. The quantitative estimate of drug-likeness (QED) is 0.848. The minimum Gasteiger partial charge on any atom is -0.345 e. The van der Waals surface area contributed by atoms with Crippen LogP contribution in [-0.2, 0) is 12.3 Å². The standard InChI is InChI=1S/C17H18N2S/c1-3-7-15(8-4-1)13-19-12-11-18-17(19)20-14-16-9-5-2-6-10-16/h1-10H,11-14H2. The molecule has 0 atom stereocenters. The molecule has 0 aliphatic carbocycles. The van der Waals surface area contributed by atoms with E-state index in [1.807, 2.05) is 11.8 Å². The highest BCUT2D eigenvalue weighted by Gasteiger charge is 2.17. The van der Waals surface area contributed by atoms with Gasteiger partial charge in [-0.15, -0.1) is 0 Å². The van der Waals surface area contributed by atoms with E-state index in [1.165, 1.54) is 16.3 Å². The molecular formula is C17H18N2S. The van der Waals surface area contributed by atoms with Gasteiger partial charge < -0.3 is 4.90 Å². The molecule has 2 aromatic carbocycles. The summed E-state index contributed by atoms with van der Waals surface area (Å²) in [6.45, 7) is 2.91. The van der Waals surface area contributed by atoms with Gasteiger partial charge in [0.15, 0.2) is 5.17 Å². The van der Waals surface area contributed by atoms with Crippen molar-refractivity contribution in [3.05, 3.63) is 71.8 Å². The fourth-order valence-corrected chi connectivity index (χ4v) is 3.28. The Morgan fingerprint density at radius 3 is 2.25 bits per heavy atom. The van der Waals surface area contributed by atoms with Crippen molar-refractivity contribution in [1.29, 1.82) is 0 Å². The number of benzene rings is 2. The van der Waals surface area contributed by atoms with Gasteiger partial charge in [-0.3, -0.25) is 4.99 Å². The van der Waals surface area contributed by atoms with E-state index in [-0.39, 0.29) is 0 Å². The molecule has 0 unspecified atom stereocenters. The van der Waals surface area contributed by atoms with Gasteiger partial charge in [-0.1, -0.05) is 72.4 Å². The molecule has 0 amide bonds. The summed E-state index contributed by atoms with van der Waals surface area (Å²) < 4.78 is 0. The molecule has 0 radical (unpaired) electrons. The van der Waals surface area contributed by atoms with Crippen molar-refractivity contribution in [3.8, 4) is 0 Å². The Hall–Kier alpha value is -1.74. The maximum atomic E-state index is 4.63. The average molecular weight is 282 g/mol. The lowest BCUT2D eigenvalue weighted by Gasteiger charge is -2.19. The molecule has 0 spiro atoms. The van der Waals surface area contributed by atoms with Crippen molar-refractivity contribution in [2.75, 3.05) is 13.1 Å². The van der Waals surface area contributed by atoms with E-state index in [0.29, 0.717) is 0 Å². The lowest BCUT2D eigenvalue weighted by molar-refractivity contribution is 0.459. The van der Waals surface area contributed by atoms with E-state index < -0.39 is 0 Å². The number of rotatable bonds is 4. The van der Waals surface area contributed by atoms with Gasteiger partial charge in [0.2, 0.25) is 0 Å². The molecule has 0 saturated heterocycles. The normalized spacial score (nSPS) is 14.4. The van der Waals surface area contributed by atoms with E-state index in [0.717, 1.165) is 25.4 Å². The Labute approximate surface area is 124 Å². The lowest BCUT2D eigenvalue weighted by Crippen LogP contribution is -2.25. The van der Waals surface area contributed by atoms with E-state index in [4.69, 9.17) is 0 Å². The molecule has 1 aliphatic rings. The predicted octanol–water partition coefficient (Wildman–Crippen LogP) is 3.79. The van der Waals surface area contributed by atoms with Gasteiger partial charge in [0.05, 0.1) is 6.54 Å². The Morgan fingerprint density at radius 2 is 1.55 bits per heavy atom. The number of nitrogens with zero attached hydrogens (tertiary/aromatic N) is 2. The second-order valence-corrected chi connectivity index (χ2v) is 5.79. The van der Waals surface area contributed by atoms with Gasteiger partial charge in [0.25, 0.3) is 0 Å². The monoisotopic (exact) mass is 282 g/mol. The van der Waals surface area contributed by atoms with Crippen LogP contribution in [0, 0.1) is 0 Å². The minimum absolute atomic E-state index is 0.921. The molecular weight excluding hydrogens is 264 g/mol. The van der Waals surface area contributed by atoms with Crippen LogP contribution in [0.15, 0.2) is 65.7 Å². The topological polar surface area (TPSA) is 15.6 Å². The number of hydrogen-bond acceptors (Lipinski definition) is 3. The fourth-order valence-electron chi connectivity index (χ4n) is 2.27. The van der Waals surface area contributed by atoms with Crippen LogP contribution in [0.25, 0.3) is 0 Å². The molecule has 0 fully saturated rings. The zero-order valence-electron chi connectivity index (χ0n) is 11.4. The molecule has 20 heavy (non-hydrogen) atoms. The number of amidine groups is 1. The van der Waals surface area contributed by atoms with Gasteiger partial charge >= 0.3 is 0 Å². The summed E-state index contributed by atoms with van der Waals surface area (Å²) in [6.07, 6.45) is 0. The Morgan fingerprint density at radius 1 is 0.900 bits per heavy atom. The summed E-state index contributed by atoms with van der Waals surface area (Å²) in [4.78, 5) is 7.01. The largest absolute Gasteiger partial charge is 0.345 e. The van der Waals surface area contributed by atoms with Crippen LogP contribution in [0.3, 0.4) is 0 Å². The van der Waals surface area contributed by atoms with Crippen molar-refractivity contribution >= 4 is 16.9 Å². The Bertz CT molecular complexity index is 566. The molecule has 0 N–H and O–H groups in total. The molecule has 1 aliphatic heterocycles. The second-order valence-electron chi connectivity index (χ2n) is 4.85. The van der Waals surface area contributed by atoms with Crippen molar-refractivity contribution in [1.82, 2.24) is 4.90 Å². The summed E-state index contributed by atoms with van der Waals surface area (Å²) in [5, 5.41) is 1.18. The third-order valence-electron chi connectivity index (χ3n) is 3.31. The van der Waals surface area contributed by atoms with Crippen LogP contribution in [0.5, 0.6) is 0 Å². The van der Waals surface area contributed by atoms with Gasteiger partial charge in [-0.2, -0.15) is 0 Å². The van der Waals surface area contributed by atoms with Crippen LogP contribution in [-0.4, -0.2) is 23.2 Å². The molecule has 0 aromatic heterocycles.